The van der Waals surface area contributed by atoms with Crippen LogP contribution >= 0.6 is 79.6 Å². The summed E-state index contributed by atoms with van der Waals surface area (Å²) in [5, 5.41) is 2.66. The van der Waals surface area contributed by atoms with Crippen LogP contribution < -0.4 is 0 Å². The Bertz CT molecular complexity index is 586. The van der Waals surface area contributed by atoms with Crippen molar-refractivity contribution < 1.29 is 38.1 Å². The second-order valence-electron chi connectivity index (χ2n) is 8.49. The van der Waals surface area contributed by atoms with E-state index in [1.807, 2.05) is 0 Å². The molecule has 0 aromatic rings. The number of carbonyl (C=O) groups is 3. The number of esters is 3. The average molecular weight is 813 g/mol. The number of ether oxygens (including phenoxy) is 5. The molecule has 0 saturated carbocycles. The summed E-state index contributed by atoms with van der Waals surface area (Å²) in [5.41, 5.74) is -1.59. The molecule has 0 radical (unpaired) electrons. The molecule has 0 rings (SSSR count). The third-order valence-corrected chi connectivity index (χ3v) is 10.7. The van der Waals surface area contributed by atoms with Crippen LogP contribution in [0.1, 0.15) is 20.8 Å². The lowest BCUT2D eigenvalue weighted by Crippen LogP contribution is -2.44. The zero-order chi connectivity index (χ0) is 26.3. The molecular weight excluding hydrogens is 780 g/mol. The van der Waals surface area contributed by atoms with Gasteiger partial charge in [-0.3, -0.25) is 14.4 Å². The number of rotatable bonds is 19. The monoisotopic (exact) mass is 808 g/mol. The Morgan fingerprint density at radius 3 is 0.941 bits per heavy atom. The molecule has 0 unspecified atom stereocenters. The van der Waals surface area contributed by atoms with Gasteiger partial charge in [-0.1, -0.05) is 79.6 Å². The smallest absolute Gasteiger partial charge is 0.302 e. The first-order valence-corrected chi connectivity index (χ1v) is 15.9. The normalized spacial score (nSPS) is 12.4. The molecule has 0 N–H and O–H groups in total. The van der Waals surface area contributed by atoms with Gasteiger partial charge >= 0.3 is 17.9 Å². The van der Waals surface area contributed by atoms with Crippen molar-refractivity contribution in [2.24, 2.45) is 16.2 Å². The van der Waals surface area contributed by atoms with Crippen molar-refractivity contribution in [1.29, 1.82) is 0 Å². The van der Waals surface area contributed by atoms with E-state index in [1.54, 1.807) is 0 Å². The van der Waals surface area contributed by atoms with Gasteiger partial charge in [-0.05, 0) is 0 Å². The second kappa shape index (κ2) is 18.1. The van der Waals surface area contributed by atoms with E-state index in [9.17, 15) is 14.4 Å². The van der Waals surface area contributed by atoms with E-state index < -0.39 is 22.2 Å². The Kier molecular flexibility index (Phi) is 18.4. The number of hydrogen-bond acceptors (Lipinski definition) is 8. The Morgan fingerprint density at radius 1 is 0.471 bits per heavy atom. The van der Waals surface area contributed by atoms with E-state index in [2.05, 4.69) is 79.6 Å². The molecule has 0 spiro atoms. The minimum absolute atomic E-state index is 0.0900. The summed E-state index contributed by atoms with van der Waals surface area (Å²) < 4.78 is 27.9. The van der Waals surface area contributed by atoms with Crippen molar-refractivity contribution in [2.45, 2.75) is 20.8 Å². The van der Waals surface area contributed by atoms with Crippen LogP contribution in [0.4, 0.5) is 0 Å². The van der Waals surface area contributed by atoms with Gasteiger partial charge < -0.3 is 23.7 Å². The van der Waals surface area contributed by atoms with E-state index >= 15 is 0 Å². The topological polar surface area (TPSA) is 97.4 Å². The molecule has 0 aromatic carbocycles. The molecule has 200 valence electrons. The van der Waals surface area contributed by atoms with Crippen molar-refractivity contribution >= 4 is 97.6 Å². The van der Waals surface area contributed by atoms with Crippen LogP contribution in [0.25, 0.3) is 0 Å². The number of carbonyl (C=O) groups excluding carboxylic acids is 3. The van der Waals surface area contributed by atoms with Crippen LogP contribution in [0, 0.1) is 16.2 Å². The van der Waals surface area contributed by atoms with Crippen LogP contribution in [-0.2, 0) is 38.1 Å². The van der Waals surface area contributed by atoms with Crippen molar-refractivity contribution in [2.75, 3.05) is 72.9 Å². The number of halogens is 5. The fraction of sp³-hybridized carbons (Fsp3) is 0.857. The SMILES string of the molecule is CC(=O)OCC(CBr)(CBr)COCC(CBr)(COCC(CBr)(CBr)COC(C)=O)COC(C)=O. The van der Waals surface area contributed by atoms with E-state index in [0.717, 1.165) is 0 Å². The molecule has 13 heteroatoms. The molecule has 0 aliphatic carbocycles. The maximum absolute atomic E-state index is 11.5. The Morgan fingerprint density at radius 2 is 0.706 bits per heavy atom. The minimum atomic E-state index is -0.663. The van der Waals surface area contributed by atoms with Gasteiger partial charge in [0, 0.05) is 58.3 Å². The van der Waals surface area contributed by atoms with Gasteiger partial charge in [-0.15, -0.1) is 0 Å². The summed E-state index contributed by atoms with van der Waals surface area (Å²) in [5.74, 6) is -1.12. The van der Waals surface area contributed by atoms with E-state index in [-0.39, 0.29) is 45.0 Å². The lowest BCUT2D eigenvalue weighted by atomic mass is 9.92. The first kappa shape index (κ1) is 34.7. The van der Waals surface area contributed by atoms with E-state index in [1.165, 1.54) is 20.8 Å². The molecule has 0 saturated heterocycles. The largest absolute Gasteiger partial charge is 0.465 e. The number of alkyl halides is 5. The van der Waals surface area contributed by atoms with Crippen molar-refractivity contribution in [3.05, 3.63) is 0 Å². The highest BCUT2D eigenvalue weighted by Gasteiger charge is 2.37. The molecule has 0 aliphatic heterocycles. The molecule has 34 heavy (non-hydrogen) atoms. The third kappa shape index (κ3) is 13.3. The quantitative estimate of drug-likeness (QED) is 0.106. The van der Waals surface area contributed by atoms with Gasteiger partial charge in [0.1, 0.15) is 19.8 Å². The predicted octanol–water partition coefficient (Wildman–Crippen LogP) is 4.64. The summed E-state index contributed by atoms with van der Waals surface area (Å²) in [6.45, 7) is 5.59. The van der Waals surface area contributed by atoms with Crippen LogP contribution in [-0.4, -0.2) is 90.8 Å². The highest BCUT2D eigenvalue weighted by atomic mass is 79.9. The minimum Gasteiger partial charge on any atom is -0.465 e. The molecule has 0 bridgehead atoms. The van der Waals surface area contributed by atoms with Gasteiger partial charge in [-0.2, -0.15) is 0 Å². The maximum Gasteiger partial charge on any atom is 0.302 e. The third-order valence-electron chi connectivity index (χ3n) is 4.80. The molecule has 0 amide bonds. The fourth-order valence-electron chi connectivity index (χ4n) is 2.44. The van der Waals surface area contributed by atoms with Gasteiger partial charge in [0.2, 0.25) is 0 Å². The van der Waals surface area contributed by atoms with Crippen molar-refractivity contribution in [1.82, 2.24) is 0 Å². The van der Waals surface area contributed by atoms with Crippen LogP contribution in [0.3, 0.4) is 0 Å². The summed E-state index contributed by atoms with van der Waals surface area (Å²) in [4.78, 5) is 34.1. The Hall–Kier alpha value is 0.730. The molecule has 0 aromatic heterocycles. The Labute approximate surface area is 243 Å². The van der Waals surface area contributed by atoms with E-state index in [0.29, 0.717) is 39.9 Å². The van der Waals surface area contributed by atoms with Gasteiger partial charge in [0.15, 0.2) is 0 Å². The van der Waals surface area contributed by atoms with Gasteiger partial charge in [-0.25, -0.2) is 0 Å². The van der Waals surface area contributed by atoms with Crippen molar-refractivity contribution in [3.63, 3.8) is 0 Å². The van der Waals surface area contributed by atoms with Crippen LogP contribution in [0.2, 0.25) is 0 Å². The number of hydrogen-bond donors (Lipinski definition) is 0. The van der Waals surface area contributed by atoms with Gasteiger partial charge in [0.25, 0.3) is 0 Å². The first-order valence-electron chi connectivity index (χ1n) is 10.3. The highest BCUT2D eigenvalue weighted by molar-refractivity contribution is 9.10. The zero-order valence-corrected chi connectivity index (χ0v) is 27.6. The first-order chi connectivity index (χ1) is 16.0. The standard InChI is InChI=1S/C21H33Br5O8/c1-16(27)32-13-19(4-22,5-23)9-30-11-21(8-26,15-34-18(3)29)12-31-10-20(6-24,7-25)14-33-17(2)28/h4-15H2,1-3H3. The average Bonchev–Trinajstić information content (AvgIpc) is 2.81. The predicted molar refractivity (Wildman–Crippen MR) is 148 cm³/mol. The van der Waals surface area contributed by atoms with Crippen LogP contribution in [0.5, 0.6) is 0 Å². The molecule has 0 fully saturated rings. The highest BCUT2D eigenvalue weighted by Crippen LogP contribution is 2.30. The maximum atomic E-state index is 11.5. The lowest BCUT2D eigenvalue weighted by molar-refractivity contribution is -0.150. The van der Waals surface area contributed by atoms with Crippen LogP contribution in [0.15, 0.2) is 0 Å². The fourth-order valence-corrected chi connectivity index (χ4v) is 6.07. The molecule has 0 heterocycles. The Balaban J connectivity index is 5.33. The molecule has 8 nitrogen and oxygen atoms in total. The summed E-state index contributed by atoms with van der Waals surface area (Å²) in [7, 11) is 0. The molecular formula is C21H33Br5O8. The summed E-state index contributed by atoms with van der Waals surface area (Å²) >= 11 is 17.5. The van der Waals surface area contributed by atoms with E-state index in [4.69, 9.17) is 23.7 Å². The van der Waals surface area contributed by atoms with Gasteiger partial charge in [0.05, 0.1) is 31.8 Å². The lowest BCUT2D eigenvalue weighted by Gasteiger charge is -2.35. The molecule has 0 aliphatic rings. The molecule has 0 atom stereocenters. The second-order valence-corrected chi connectivity index (χ2v) is 11.3. The zero-order valence-electron chi connectivity index (χ0n) is 19.6. The summed E-state index contributed by atoms with van der Waals surface area (Å²) in [6.07, 6.45) is 0. The van der Waals surface area contributed by atoms with Crippen molar-refractivity contribution in [3.8, 4) is 0 Å². The summed E-state index contributed by atoms with van der Waals surface area (Å²) in [6, 6.07) is 0.